The van der Waals surface area contributed by atoms with Crippen molar-refractivity contribution in [1.82, 2.24) is 20.1 Å². The second-order valence-electron chi connectivity index (χ2n) is 4.16. The van der Waals surface area contributed by atoms with E-state index < -0.39 is 0 Å². The van der Waals surface area contributed by atoms with E-state index in [1.807, 2.05) is 6.92 Å². The molecule has 5 nitrogen and oxygen atoms in total. The summed E-state index contributed by atoms with van der Waals surface area (Å²) in [5.74, 6) is 0.980. The van der Waals surface area contributed by atoms with Crippen molar-refractivity contribution >= 4 is 17.7 Å². The minimum Gasteiger partial charge on any atom is -0.348 e. The number of aromatic amines is 1. The van der Waals surface area contributed by atoms with E-state index in [1.165, 1.54) is 11.8 Å². The van der Waals surface area contributed by atoms with Crippen molar-refractivity contribution in [2.45, 2.75) is 43.5 Å². The number of amides is 1. The van der Waals surface area contributed by atoms with E-state index in [-0.39, 0.29) is 11.2 Å². The molecule has 6 heteroatoms. The molecular formula is C11H20N4OS. The second kappa shape index (κ2) is 6.64. The van der Waals surface area contributed by atoms with Crippen LogP contribution in [0, 0.1) is 0 Å². The van der Waals surface area contributed by atoms with Gasteiger partial charge in [-0.05, 0) is 13.3 Å². The van der Waals surface area contributed by atoms with Crippen molar-refractivity contribution in [2.75, 3.05) is 14.1 Å². The number of aryl methyl sites for hydroxylation is 1. The molecule has 0 saturated carbocycles. The minimum absolute atomic E-state index is 0.0786. The molecule has 0 saturated heterocycles. The fourth-order valence-electron chi connectivity index (χ4n) is 1.36. The van der Waals surface area contributed by atoms with E-state index in [4.69, 9.17) is 0 Å². The molecule has 0 aliphatic heterocycles. The number of carbonyl (C=O) groups is 1. The zero-order valence-corrected chi connectivity index (χ0v) is 11.7. The van der Waals surface area contributed by atoms with Crippen LogP contribution in [-0.2, 0) is 11.2 Å². The monoisotopic (exact) mass is 256 g/mol. The van der Waals surface area contributed by atoms with Crippen molar-refractivity contribution in [3.63, 3.8) is 0 Å². The van der Waals surface area contributed by atoms with Crippen LogP contribution in [0.2, 0.25) is 0 Å². The topological polar surface area (TPSA) is 61.9 Å². The highest BCUT2D eigenvalue weighted by atomic mass is 32.2. The van der Waals surface area contributed by atoms with E-state index in [0.29, 0.717) is 5.16 Å². The molecule has 0 aliphatic carbocycles. The first-order chi connectivity index (χ1) is 8.04. The van der Waals surface area contributed by atoms with Gasteiger partial charge in [0.2, 0.25) is 11.1 Å². The second-order valence-corrected chi connectivity index (χ2v) is 5.47. The molecule has 1 aromatic rings. The predicted molar refractivity (Wildman–Crippen MR) is 69.0 cm³/mol. The smallest absolute Gasteiger partial charge is 0.235 e. The van der Waals surface area contributed by atoms with Gasteiger partial charge >= 0.3 is 0 Å². The molecule has 0 aromatic carbocycles. The summed E-state index contributed by atoms with van der Waals surface area (Å²) < 4.78 is 0. The summed E-state index contributed by atoms with van der Waals surface area (Å²) in [6.45, 7) is 4.01. The van der Waals surface area contributed by atoms with Crippen LogP contribution in [-0.4, -0.2) is 45.3 Å². The molecular weight excluding hydrogens is 236 g/mol. The van der Waals surface area contributed by atoms with Crippen LogP contribution in [0.5, 0.6) is 0 Å². The first-order valence-electron chi connectivity index (χ1n) is 5.83. The van der Waals surface area contributed by atoms with Gasteiger partial charge in [-0.1, -0.05) is 25.1 Å². The lowest BCUT2D eigenvalue weighted by Crippen LogP contribution is -2.29. The molecule has 1 rings (SSSR count). The molecule has 1 atom stereocenters. The maximum absolute atomic E-state index is 11.7. The van der Waals surface area contributed by atoms with Crippen LogP contribution >= 0.6 is 11.8 Å². The molecule has 17 heavy (non-hydrogen) atoms. The third-order valence-corrected chi connectivity index (χ3v) is 3.30. The maximum atomic E-state index is 11.7. The summed E-state index contributed by atoms with van der Waals surface area (Å²) in [6.07, 6.45) is 3.16. The first kappa shape index (κ1) is 14.0. The van der Waals surface area contributed by atoms with E-state index >= 15 is 0 Å². The molecule has 0 spiro atoms. The quantitative estimate of drug-likeness (QED) is 0.787. The normalized spacial score (nSPS) is 12.5. The molecule has 1 aromatic heterocycles. The molecule has 0 radical (unpaired) electrons. The lowest BCUT2D eigenvalue weighted by molar-refractivity contribution is -0.127. The Bertz CT molecular complexity index is 364. The first-order valence-corrected chi connectivity index (χ1v) is 6.71. The Morgan fingerprint density at radius 1 is 1.53 bits per heavy atom. The third-order valence-electron chi connectivity index (χ3n) is 2.35. The number of hydrogen-bond acceptors (Lipinski definition) is 4. The molecule has 0 aliphatic rings. The van der Waals surface area contributed by atoms with Crippen molar-refractivity contribution in [1.29, 1.82) is 0 Å². The summed E-state index contributed by atoms with van der Waals surface area (Å²) in [5, 5.41) is 7.51. The molecule has 0 fully saturated rings. The number of carbonyl (C=O) groups excluding carboxylic acids is 1. The van der Waals surface area contributed by atoms with Gasteiger partial charge in [-0.2, -0.15) is 0 Å². The zero-order chi connectivity index (χ0) is 12.8. The van der Waals surface area contributed by atoms with Crippen LogP contribution < -0.4 is 0 Å². The highest BCUT2D eigenvalue weighted by Crippen LogP contribution is 2.20. The SMILES string of the molecule is CCCCc1nc(SC(C)C(=O)N(C)C)n[nH]1. The zero-order valence-electron chi connectivity index (χ0n) is 10.9. The highest BCUT2D eigenvalue weighted by Gasteiger charge is 2.18. The van der Waals surface area contributed by atoms with Gasteiger partial charge in [0.05, 0.1) is 5.25 Å². The number of aromatic nitrogens is 3. The number of nitrogens with one attached hydrogen (secondary N) is 1. The number of unbranched alkanes of at least 4 members (excludes halogenated alkanes) is 1. The summed E-state index contributed by atoms with van der Waals surface area (Å²) in [4.78, 5) is 17.6. The van der Waals surface area contributed by atoms with Crippen molar-refractivity contribution in [2.24, 2.45) is 0 Å². The van der Waals surface area contributed by atoms with Crippen LogP contribution in [0.3, 0.4) is 0 Å². The lowest BCUT2D eigenvalue weighted by atomic mass is 10.2. The van der Waals surface area contributed by atoms with Gasteiger partial charge in [0.15, 0.2) is 0 Å². The lowest BCUT2D eigenvalue weighted by Gasteiger charge is -2.14. The Kier molecular flexibility index (Phi) is 5.47. The summed E-state index contributed by atoms with van der Waals surface area (Å²) in [7, 11) is 3.51. The van der Waals surface area contributed by atoms with Gasteiger partial charge in [0, 0.05) is 20.5 Å². The Balaban J connectivity index is 2.51. The van der Waals surface area contributed by atoms with E-state index in [0.717, 1.165) is 25.1 Å². The summed E-state index contributed by atoms with van der Waals surface area (Å²) in [6, 6.07) is 0. The number of nitrogens with zero attached hydrogens (tertiary/aromatic N) is 3. The van der Waals surface area contributed by atoms with Crippen LogP contribution in [0.15, 0.2) is 5.16 Å². The number of thioether (sulfide) groups is 1. The highest BCUT2D eigenvalue weighted by molar-refractivity contribution is 8.00. The van der Waals surface area contributed by atoms with Gasteiger partial charge in [-0.15, -0.1) is 5.10 Å². The fourth-order valence-corrected chi connectivity index (χ4v) is 2.25. The van der Waals surface area contributed by atoms with Gasteiger partial charge in [0.1, 0.15) is 5.82 Å². The Labute approximate surface area is 106 Å². The van der Waals surface area contributed by atoms with Crippen LogP contribution in [0.25, 0.3) is 0 Å². The Morgan fingerprint density at radius 2 is 2.24 bits per heavy atom. The van der Waals surface area contributed by atoms with Crippen molar-refractivity contribution in [3.8, 4) is 0 Å². The Hall–Kier alpha value is -1.04. The van der Waals surface area contributed by atoms with Gasteiger partial charge in [-0.25, -0.2) is 4.98 Å². The molecule has 1 amide bonds. The van der Waals surface area contributed by atoms with Crippen molar-refractivity contribution in [3.05, 3.63) is 5.82 Å². The van der Waals surface area contributed by atoms with Gasteiger partial charge in [-0.3, -0.25) is 9.89 Å². The molecule has 1 heterocycles. The van der Waals surface area contributed by atoms with E-state index in [9.17, 15) is 4.79 Å². The average molecular weight is 256 g/mol. The maximum Gasteiger partial charge on any atom is 0.235 e. The van der Waals surface area contributed by atoms with Gasteiger partial charge in [0.25, 0.3) is 0 Å². The number of rotatable bonds is 6. The van der Waals surface area contributed by atoms with Crippen LogP contribution in [0.4, 0.5) is 0 Å². The molecule has 1 unspecified atom stereocenters. The molecule has 1 N–H and O–H groups in total. The van der Waals surface area contributed by atoms with Gasteiger partial charge < -0.3 is 4.90 Å². The number of hydrogen-bond donors (Lipinski definition) is 1. The largest absolute Gasteiger partial charge is 0.348 e. The minimum atomic E-state index is -0.153. The van der Waals surface area contributed by atoms with Crippen molar-refractivity contribution < 1.29 is 4.79 Å². The molecule has 0 bridgehead atoms. The standard InChI is InChI=1S/C11H20N4OS/c1-5-6-7-9-12-11(14-13-9)17-8(2)10(16)15(3)4/h8H,5-7H2,1-4H3,(H,12,13,14). The van der Waals surface area contributed by atoms with E-state index in [2.05, 4.69) is 22.1 Å². The van der Waals surface area contributed by atoms with Crippen LogP contribution in [0.1, 0.15) is 32.5 Å². The fraction of sp³-hybridized carbons (Fsp3) is 0.727. The summed E-state index contributed by atoms with van der Waals surface area (Å²) in [5.41, 5.74) is 0. The number of H-pyrrole nitrogens is 1. The third kappa shape index (κ3) is 4.38. The summed E-state index contributed by atoms with van der Waals surface area (Å²) >= 11 is 1.39. The van der Waals surface area contributed by atoms with E-state index in [1.54, 1.807) is 19.0 Å². The predicted octanol–water partition coefficient (Wildman–Crippen LogP) is 1.72. The average Bonchev–Trinajstić information content (AvgIpc) is 2.72. The molecule has 96 valence electrons. The Morgan fingerprint density at radius 3 is 2.82 bits per heavy atom.